The van der Waals surface area contributed by atoms with Crippen LogP contribution >= 0.6 is 11.3 Å². The van der Waals surface area contributed by atoms with E-state index in [-0.39, 0.29) is 18.0 Å². The van der Waals surface area contributed by atoms with Gasteiger partial charge in [-0.25, -0.2) is 13.4 Å². The van der Waals surface area contributed by atoms with Crippen LogP contribution in [0.4, 0.5) is 0 Å². The van der Waals surface area contributed by atoms with E-state index in [4.69, 9.17) is 5.11 Å². The summed E-state index contributed by atoms with van der Waals surface area (Å²) in [4.78, 5) is 4.20. The lowest BCUT2D eigenvalue weighted by molar-refractivity contribution is 0.269. The van der Waals surface area contributed by atoms with Gasteiger partial charge in [-0.1, -0.05) is 0 Å². The van der Waals surface area contributed by atoms with Crippen LogP contribution in [0.15, 0.2) is 28.9 Å². The molecular formula is C11H16N4O3S2. The maximum absolute atomic E-state index is 12.3. The minimum Gasteiger partial charge on any atom is -0.394 e. The van der Waals surface area contributed by atoms with Crippen molar-refractivity contribution in [2.45, 2.75) is 30.8 Å². The average Bonchev–Trinajstić information content (AvgIpc) is 2.99. The summed E-state index contributed by atoms with van der Waals surface area (Å²) in [6.07, 6.45) is 4.28. The first-order valence-electron chi connectivity index (χ1n) is 5.92. The van der Waals surface area contributed by atoms with Crippen LogP contribution in [0, 0.1) is 0 Å². The number of hydrogen-bond donors (Lipinski definition) is 2. The third-order valence-corrected chi connectivity index (χ3v) is 5.31. The van der Waals surface area contributed by atoms with Crippen molar-refractivity contribution < 1.29 is 13.5 Å². The molecule has 2 aromatic rings. The monoisotopic (exact) mass is 316 g/mol. The van der Waals surface area contributed by atoms with Crippen molar-refractivity contribution in [3.8, 4) is 0 Å². The van der Waals surface area contributed by atoms with Gasteiger partial charge in [0.2, 0.25) is 10.0 Å². The molecule has 2 aromatic heterocycles. The Morgan fingerprint density at radius 2 is 2.25 bits per heavy atom. The fourth-order valence-corrected chi connectivity index (χ4v) is 3.79. The van der Waals surface area contributed by atoms with E-state index in [2.05, 4.69) is 14.8 Å². The third-order valence-electron chi connectivity index (χ3n) is 2.61. The maximum Gasteiger partial charge on any atom is 0.244 e. The van der Waals surface area contributed by atoms with Crippen molar-refractivity contribution in [1.82, 2.24) is 19.5 Å². The van der Waals surface area contributed by atoms with Gasteiger partial charge in [0.1, 0.15) is 9.90 Å². The molecule has 0 aliphatic heterocycles. The summed E-state index contributed by atoms with van der Waals surface area (Å²) in [6.45, 7) is 3.66. The predicted molar refractivity (Wildman–Crippen MR) is 74.8 cm³/mol. The van der Waals surface area contributed by atoms with E-state index in [0.29, 0.717) is 5.01 Å². The van der Waals surface area contributed by atoms with Crippen molar-refractivity contribution in [3.63, 3.8) is 0 Å². The van der Waals surface area contributed by atoms with Crippen molar-refractivity contribution in [2.75, 3.05) is 6.61 Å². The number of aromatic nitrogens is 3. The zero-order valence-electron chi connectivity index (χ0n) is 11.1. The second-order valence-corrected chi connectivity index (χ2v) is 7.31. The lowest BCUT2D eigenvalue weighted by Crippen LogP contribution is -2.40. The maximum atomic E-state index is 12.3. The van der Waals surface area contributed by atoms with Gasteiger partial charge in [-0.15, -0.1) is 11.3 Å². The Hall–Kier alpha value is -1.29. The van der Waals surface area contributed by atoms with E-state index in [0.717, 1.165) is 0 Å². The molecule has 0 fully saturated rings. The molecule has 0 aliphatic carbocycles. The Kier molecular flexibility index (Phi) is 4.23. The van der Waals surface area contributed by atoms with E-state index in [1.807, 2.05) is 0 Å². The Morgan fingerprint density at radius 1 is 1.50 bits per heavy atom. The number of aliphatic hydroxyl groups is 1. The van der Waals surface area contributed by atoms with Crippen LogP contribution in [0.3, 0.4) is 0 Å². The minimum atomic E-state index is -3.69. The number of thiazole rings is 1. The first-order chi connectivity index (χ1) is 9.35. The van der Waals surface area contributed by atoms with Crippen LogP contribution in [0.1, 0.15) is 18.9 Å². The van der Waals surface area contributed by atoms with Crippen LogP contribution in [-0.2, 0) is 22.1 Å². The summed E-state index contributed by atoms with van der Waals surface area (Å²) >= 11 is 1.39. The number of nitrogens with one attached hydrogen (secondary N) is 1. The molecule has 0 saturated carbocycles. The first kappa shape index (κ1) is 15.1. The summed E-state index contributed by atoms with van der Waals surface area (Å²) in [7, 11) is -3.69. The Labute approximate surface area is 121 Å². The fraction of sp³-hybridized carbons (Fsp3) is 0.455. The molecule has 9 heteroatoms. The lowest BCUT2D eigenvalue weighted by Gasteiger charge is -2.22. The highest BCUT2D eigenvalue weighted by atomic mass is 32.2. The van der Waals surface area contributed by atoms with Crippen LogP contribution in [0.5, 0.6) is 0 Å². The summed E-state index contributed by atoms with van der Waals surface area (Å²) in [5.74, 6) is 0. The van der Waals surface area contributed by atoms with Crippen molar-refractivity contribution in [2.24, 2.45) is 0 Å². The highest BCUT2D eigenvalue weighted by Crippen LogP contribution is 2.24. The Balaban J connectivity index is 2.22. The van der Waals surface area contributed by atoms with Gasteiger partial charge < -0.3 is 5.11 Å². The number of rotatable bonds is 6. The zero-order chi connectivity index (χ0) is 14.8. The van der Waals surface area contributed by atoms with Gasteiger partial charge >= 0.3 is 0 Å². The molecular weight excluding hydrogens is 300 g/mol. The molecule has 0 bridgehead atoms. The number of nitrogens with zero attached hydrogens (tertiary/aromatic N) is 3. The van der Waals surface area contributed by atoms with E-state index >= 15 is 0 Å². The van der Waals surface area contributed by atoms with E-state index in [1.54, 1.807) is 25.4 Å². The molecule has 0 unspecified atom stereocenters. The zero-order valence-corrected chi connectivity index (χ0v) is 12.8. The van der Waals surface area contributed by atoms with Crippen LogP contribution in [-0.4, -0.2) is 34.9 Å². The molecule has 2 rings (SSSR count). The quantitative estimate of drug-likeness (QED) is 0.811. The van der Waals surface area contributed by atoms with Gasteiger partial charge in [0.25, 0.3) is 0 Å². The second kappa shape index (κ2) is 5.60. The van der Waals surface area contributed by atoms with E-state index in [1.165, 1.54) is 28.4 Å². The molecule has 0 spiro atoms. The smallest absolute Gasteiger partial charge is 0.244 e. The lowest BCUT2D eigenvalue weighted by atomic mass is 10.1. The average molecular weight is 316 g/mol. The van der Waals surface area contributed by atoms with Gasteiger partial charge in [0.15, 0.2) is 0 Å². The standard InChI is InChI=1S/C11H16N4O3S2/c1-11(2,10-12-3-6-19-10)14-20(17,18)9-7-13-15(8-9)4-5-16/h3,6-8,14,16H,4-5H2,1-2H3. The molecule has 0 saturated heterocycles. The number of aliphatic hydroxyl groups excluding tert-OH is 1. The fourth-order valence-electron chi connectivity index (χ4n) is 1.68. The molecule has 20 heavy (non-hydrogen) atoms. The predicted octanol–water partition coefficient (Wildman–Crippen LogP) is 0.545. The summed E-state index contributed by atoms with van der Waals surface area (Å²) in [5.41, 5.74) is -0.800. The van der Waals surface area contributed by atoms with E-state index in [9.17, 15) is 8.42 Å². The highest BCUT2D eigenvalue weighted by Gasteiger charge is 2.30. The highest BCUT2D eigenvalue weighted by molar-refractivity contribution is 7.89. The summed E-state index contributed by atoms with van der Waals surface area (Å²) < 4.78 is 28.6. The van der Waals surface area contributed by atoms with Crippen LogP contribution in [0.25, 0.3) is 0 Å². The van der Waals surface area contributed by atoms with Gasteiger partial charge in [0.05, 0.1) is 24.9 Å². The van der Waals surface area contributed by atoms with Crippen LogP contribution in [0.2, 0.25) is 0 Å². The normalized spacial score (nSPS) is 12.8. The molecule has 7 nitrogen and oxygen atoms in total. The van der Waals surface area contributed by atoms with Gasteiger partial charge in [0, 0.05) is 17.8 Å². The second-order valence-electron chi connectivity index (χ2n) is 4.73. The number of hydrogen-bond acceptors (Lipinski definition) is 6. The number of sulfonamides is 1. The summed E-state index contributed by atoms with van der Waals surface area (Å²) in [5, 5.41) is 15.2. The Morgan fingerprint density at radius 3 is 2.85 bits per heavy atom. The van der Waals surface area contributed by atoms with E-state index < -0.39 is 15.6 Å². The molecule has 0 amide bonds. The largest absolute Gasteiger partial charge is 0.394 e. The molecule has 0 radical (unpaired) electrons. The molecule has 110 valence electrons. The summed E-state index contributed by atoms with van der Waals surface area (Å²) in [6, 6.07) is 0. The van der Waals surface area contributed by atoms with Gasteiger partial charge in [-0.05, 0) is 13.8 Å². The SMILES string of the molecule is CC(C)(NS(=O)(=O)c1cnn(CCO)c1)c1nccs1. The molecule has 2 heterocycles. The van der Waals surface area contributed by atoms with Crippen molar-refractivity contribution >= 4 is 21.4 Å². The molecule has 0 atom stereocenters. The van der Waals surface area contributed by atoms with Gasteiger partial charge in [-0.2, -0.15) is 9.82 Å². The third kappa shape index (κ3) is 3.23. The van der Waals surface area contributed by atoms with Crippen molar-refractivity contribution in [3.05, 3.63) is 29.0 Å². The topological polar surface area (TPSA) is 97.1 Å². The minimum absolute atomic E-state index is 0.0654. The molecule has 0 aliphatic rings. The van der Waals surface area contributed by atoms with Crippen molar-refractivity contribution in [1.29, 1.82) is 0 Å². The molecule has 0 aromatic carbocycles. The van der Waals surface area contributed by atoms with Gasteiger partial charge in [-0.3, -0.25) is 4.68 Å². The Bertz CT molecular complexity index is 662. The first-order valence-corrected chi connectivity index (χ1v) is 8.29. The molecule has 2 N–H and O–H groups in total. The van der Waals surface area contributed by atoms with Crippen LogP contribution < -0.4 is 4.72 Å².